The molecule has 1 aliphatic heterocycles. The number of nitrogens with zero attached hydrogens (tertiary/aromatic N) is 2. The quantitative estimate of drug-likeness (QED) is 0.681. The molecule has 1 atom stereocenters. The number of fused-ring (bicyclic) bond motifs is 1. The first-order chi connectivity index (χ1) is 10.0. The minimum Gasteiger partial charge on any atom is -0.503 e. The number of carbonyl (C=O) groups is 2. The Hall–Kier alpha value is -2.56. The lowest BCUT2D eigenvalue weighted by atomic mass is 10.1. The molecule has 1 unspecified atom stereocenters. The van der Waals surface area contributed by atoms with Gasteiger partial charge < -0.3 is 24.8 Å². The van der Waals surface area contributed by atoms with Gasteiger partial charge in [-0.3, -0.25) is 9.59 Å². The summed E-state index contributed by atoms with van der Waals surface area (Å²) in [5, 5.41) is 28.1. The highest BCUT2D eigenvalue weighted by Gasteiger charge is 2.41. The van der Waals surface area contributed by atoms with Crippen molar-refractivity contribution in [2.45, 2.75) is 18.9 Å². The van der Waals surface area contributed by atoms with E-state index in [0.29, 0.717) is 6.20 Å². The fourth-order valence-electron chi connectivity index (χ4n) is 2.09. The summed E-state index contributed by atoms with van der Waals surface area (Å²) >= 11 is 0. The number of alkyl halides is 3. The zero-order valence-corrected chi connectivity index (χ0v) is 10.7. The molecule has 0 spiro atoms. The number of hydrogen-bond acceptors (Lipinski definition) is 5. The van der Waals surface area contributed by atoms with Crippen molar-refractivity contribution in [1.29, 1.82) is 0 Å². The predicted molar refractivity (Wildman–Crippen MR) is 62.4 cm³/mol. The minimum atomic E-state index is -4.80. The topological polar surface area (TPSA) is 120 Å². The molecule has 22 heavy (non-hydrogen) atoms. The summed E-state index contributed by atoms with van der Waals surface area (Å²) in [5.74, 6) is -4.39. The Morgan fingerprint density at radius 2 is 1.95 bits per heavy atom. The van der Waals surface area contributed by atoms with E-state index >= 15 is 0 Å². The molecule has 120 valence electrons. The van der Waals surface area contributed by atoms with E-state index in [-0.39, 0.29) is 4.90 Å². The zero-order chi connectivity index (χ0) is 16.8. The minimum absolute atomic E-state index is 0.0366. The third-order valence-corrected chi connectivity index (χ3v) is 3.02. The number of rotatable bonds is 2. The van der Waals surface area contributed by atoms with Crippen molar-refractivity contribution in [3.8, 4) is 5.75 Å². The maximum absolute atomic E-state index is 12.4. The lowest BCUT2D eigenvalue weighted by Crippen LogP contribution is -2.52. The standard InChI is InChI=1S/C11H9F3N2O6/c12-11(13,14)3-16-5(17)2-15-1-4(10(21)22)7(18)8(19)6(15)9(16)20/h1,5,17,19H,2-3H2,(H,21,22). The molecule has 0 aliphatic carbocycles. The van der Waals surface area contributed by atoms with Crippen molar-refractivity contribution >= 4 is 11.9 Å². The van der Waals surface area contributed by atoms with Crippen LogP contribution in [0.1, 0.15) is 20.8 Å². The number of aliphatic hydroxyl groups is 1. The molecule has 0 aromatic carbocycles. The average molecular weight is 322 g/mol. The van der Waals surface area contributed by atoms with Crippen LogP contribution in [0.25, 0.3) is 0 Å². The Bertz CT molecular complexity index is 711. The van der Waals surface area contributed by atoms with E-state index < -0.39 is 59.8 Å². The van der Waals surface area contributed by atoms with Crippen molar-refractivity contribution in [1.82, 2.24) is 9.47 Å². The molecule has 0 saturated carbocycles. The van der Waals surface area contributed by atoms with Crippen LogP contribution in [0.4, 0.5) is 13.2 Å². The fourth-order valence-corrected chi connectivity index (χ4v) is 2.09. The number of amides is 1. The molecule has 0 fully saturated rings. The van der Waals surface area contributed by atoms with Crippen LogP contribution in [0.5, 0.6) is 5.75 Å². The highest BCUT2D eigenvalue weighted by molar-refractivity contribution is 5.97. The molecular weight excluding hydrogens is 313 g/mol. The second kappa shape index (κ2) is 5.02. The highest BCUT2D eigenvalue weighted by atomic mass is 19.4. The Morgan fingerprint density at radius 3 is 2.45 bits per heavy atom. The molecule has 2 heterocycles. The Labute approximate surface area is 119 Å². The molecule has 1 aliphatic rings. The first kappa shape index (κ1) is 15.8. The number of carboxylic acid groups (broad SMARTS) is 1. The highest BCUT2D eigenvalue weighted by Crippen LogP contribution is 2.26. The van der Waals surface area contributed by atoms with Gasteiger partial charge in [-0.05, 0) is 0 Å². The van der Waals surface area contributed by atoms with Gasteiger partial charge in [-0.25, -0.2) is 4.79 Å². The number of halogens is 3. The first-order valence-corrected chi connectivity index (χ1v) is 5.78. The normalized spacial score (nSPS) is 18.3. The molecule has 2 rings (SSSR count). The lowest BCUT2D eigenvalue weighted by Gasteiger charge is -2.35. The summed E-state index contributed by atoms with van der Waals surface area (Å²) in [7, 11) is 0. The van der Waals surface area contributed by atoms with Crippen molar-refractivity contribution in [3.05, 3.63) is 27.7 Å². The molecular formula is C11H9F3N2O6. The van der Waals surface area contributed by atoms with Crippen LogP contribution >= 0.6 is 0 Å². The first-order valence-electron chi connectivity index (χ1n) is 5.78. The van der Waals surface area contributed by atoms with Gasteiger partial charge >= 0.3 is 12.1 Å². The molecule has 0 saturated heterocycles. The van der Waals surface area contributed by atoms with Crippen LogP contribution in [0.15, 0.2) is 11.0 Å². The lowest BCUT2D eigenvalue weighted by molar-refractivity contribution is -0.160. The van der Waals surface area contributed by atoms with Crippen LogP contribution in [-0.4, -0.2) is 55.6 Å². The maximum Gasteiger partial charge on any atom is 0.406 e. The van der Waals surface area contributed by atoms with Crippen molar-refractivity contribution < 1.29 is 38.1 Å². The van der Waals surface area contributed by atoms with Crippen LogP contribution in [0.2, 0.25) is 0 Å². The summed E-state index contributed by atoms with van der Waals surface area (Å²) in [6.45, 7) is -2.40. The van der Waals surface area contributed by atoms with Gasteiger partial charge in [0, 0.05) is 6.20 Å². The van der Waals surface area contributed by atoms with Gasteiger partial charge in [0.2, 0.25) is 5.43 Å². The van der Waals surface area contributed by atoms with E-state index in [2.05, 4.69) is 0 Å². The van der Waals surface area contributed by atoms with E-state index in [9.17, 15) is 37.8 Å². The SMILES string of the molecule is O=C(O)c1cn2c(c(O)c1=O)C(=O)N(CC(F)(F)F)C(O)C2. The molecule has 3 N–H and O–H groups in total. The Morgan fingerprint density at radius 1 is 1.36 bits per heavy atom. The van der Waals surface area contributed by atoms with Crippen molar-refractivity contribution in [2.75, 3.05) is 6.54 Å². The molecule has 1 amide bonds. The van der Waals surface area contributed by atoms with Gasteiger partial charge in [0.25, 0.3) is 5.91 Å². The van der Waals surface area contributed by atoms with Crippen LogP contribution in [0.3, 0.4) is 0 Å². The van der Waals surface area contributed by atoms with Crippen LogP contribution < -0.4 is 5.43 Å². The molecule has 1 aromatic rings. The van der Waals surface area contributed by atoms with Gasteiger partial charge in [-0.2, -0.15) is 13.2 Å². The summed E-state index contributed by atoms with van der Waals surface area (Å²) < 4.78 is 37.9. The molecule has 0 radical (unpaired) electrons. The van der Waals surface area contributed by atoms with Crippen molar-refractivity contribution in [3.63, 3.8) is 0 Å². The zero-order valence-electron chi connectivity index (χ0n) is 10.7. The Balaban J connectivity index is 2.57. The summed E-state index contributed by atoms with van der Waals surface area (Å²) in [5.41, 5.74) is -3.06. The van der Waals surface area contributed by atoms with E-state index in [0.717, 1.165) is 4.57 Å². The number of carbonyl (C=O) groups excluding carboxylic acids is 1. The number of pyridine rings is 1. The van der Waals surface area contributed by atoms with Gasteiger partial charge in [0.15, 0.2) is 11.4 Å². The van der Waals surface area contributed by atoms with Gasteiger partial charge in [0.05, 0.1) is 6.54 Å². The van der Waals surface area contributed by atoms with E-state index in [1.54, 1.807) is 0 Å². The largest absolute Gasteiger partial charge is 0.503 e. The van der Waals surface area contributed by atoms with E-state index in [1.165, 1.54) is 0 Å². The molecule has 11 heteroatoms. The van der Waals surface area contributed by atoms with E-state index in [1.807, 2.05) is 0 Å². The second-order valence-electron chi connectivity index (χ2n) is 4.56. The second-order valence-corrected chi connectivity index (χ2v) is 4.56. The third kappa shape index (κ3) is 2.62. The number of aromatic hydroxyl groups is 1. The summed E-state index contributed by atoms with van der Waals surface area (Å²) in [6, 6.07) is 0. The predicted octanol–water partition coefficient (Wildman–Crippen LogP) is -0.411. The maximum atomic E-state index is 12.4. The van der Waals surface area contributed by atoms with Gasteiger partial charge in [-0.15, -0.1) is 0 Å². The fraction of sp³-hybridized carbons (Fsp3) is 0.364. The number of aliphatic hydroxyl groups excluding tert-OH is 1. The number of hydrogen-bond donors (Lipinski definition) is 3. The van der Waals surface area contributed by atoms with Crippen LogP contribution in [0, 0.1) is 0 Å². The Kier molecular flexibility index (Phi) is 3.61. The monoisotopic (exact) mass is 322 g/mol. The molecule has 1 aromatic heterocycles. The third-order valence-electron chi connectivity index (χ3n) is 3.02. The molecule has 0 bridgehead atoms. The van der Waals surface area contributed by atoms with E-state index in [4.69, 9.17) is 5.11 Å². The summed E-state index contributed by atoms with van der Waals surface area (Å²) in [4.78, 5) is 34.4. The average Bonchev–Trinajstić information content (AvgIpc) is 2.37. The van der Waals surface area contributed by atoms with Crippen molar-refractivity contribution in [2.24, 2.45) is 0 Å². The number of aromatic nitrogens is 1. The van der Waals surface area contributed by atoms with Gasteiger partial charge in [0.1, 0.15) is 18.3 Å². The van der Waals surface area contributed by atoms with Crippen LogP contribution in [-0.2, 0) is 6.54 Å². The smallest absolute Gasteiger partial charge is 0.406 e. The van der Waals surface area contributed by atoms with Gasteiger partial charge in [-0.1, -0.05) is 0 Å². The molecule has 8 nitrogen and oxygen atoms in total. The number of carboxylic acids is 1. The summed E-state index contributed by atoms with van der Waals surface area (Å²) in [6.07, 6.45) is -5.99. The number of aromatic carboxylic acids is 1.